The minimum atomic E-state index is -0.576. The van der Waals surface area contributed by atoms with Crippen molar-refractivity contribution in [3.63, 3.8) is 0 Å². The van der Waals surface area contributed by atoms with Crippen LogP contribution in [-0.4, -0.2) is 69.8 Å². The van der Waals surface area contributed by atoms with Crippen LogP contribution in [0.25, 0.3) is 66.2 Å². The second-order valence-corrected chi connectivity index (χ2v) is 14.4. The van der Waals surface area contributed by atoms with Gasteiger partial charge in [0.05, 0.1) is 33.6 Å². The SMILES string of the molecule is O=c1[nH]c(=O)c2ncccc2[nH]1.O=c1[nH]cc(O)c2ncccc12.O=c1c2cccnc2c(O)c2n1CCc1ccccc1-2.O=c1cc(O)c2ncccc2[nH]1.O=c1cc(O)c2ncccc2o1. The molecule has 0 saturated heterocycles. The van der Waals surface area contributed by atoms with Crippen molar-refractivity contribution in [1.29, 1.82) is 0 Å². The Labute approximate surface area is 377 Å². The molecule has 12 rings (SSSR count). The fourth-order valence-electron chi connectivity index (χ4n) is 7.07. The molecule has 0 atom stereocenters. The first kappa shape index (κ1) is 44.6. The lowest BCUT2D eigenvalue weighted by Gasteiger charge is -2.23. The number of benzene rings is 1. The minimum Gasteiger partial charge on any atom is -0.505 e. The fraction of sp³-hybridized carbons (Fsp3) is 0.0426. The first-order valence-corrected chi connectivity index (χ1v) is 20.1. The summed E-state index contributed by atoms with van der Waals surface area (Å²) in [6.45, 7) is 0.587. The maximum Gasteiger partial charge on any atom is 0.340 e. The average molecular weight is 915 g/mol. The first-order valence-electron chi connectivity index (χ1n) is 20.1. The van der Waals surface area contributed by atoms with Crippen molar-refractivity contribution in [3.05, 3.63) is 202 Å². The number of nitrogens with zero attached hydrogens (tertiary/aromatic N) is 6. The monoisotopic (exact) mass is 914 g/mol. The highest BCUT2D eigenvalue weighted by Crippen LogP contribution is 2.37. The van der Waals surface area contributed by atoms with E-state index in [4.69, 9.17) is 4.42 Å². The summed E-state index contributed by atoms with van der Waals surface area (Å²) < 4.78 is 6.42. The van der Waals surface area contributed by atoms with Gasteiger partial charge in [-0.25, -0.2) is 19.6 Å². The fourth-order valence-corrected chi connectivity index (χ4v) is 7.07. The molecule has 0 amide bonds. The normalized spacial score (nSPS) is 11.1. The molecule has 11 heterocycles. The number of H-pyrrole nitrogens is 4. The third-order valence-corrected chi connectivity index (χ3v) is 10.1. The Bertz CT molecular complexity index is 3960. The van der Waals surface area contributed by atoms with Gasteiger partial charge in [0.1, 0.15) is 27.8 Å². The number of aromatic hydroxyl groups is 4. The van der Waals surface area contributed by atoms with Gasteiger partial charge in [0, 0.05) is 55.4 Å². The van der Waals surface area contributed by atoms with Crippen LogP contribution < -0.4 is 33.6 Å². The van der Waals surface area contributed by atoms with Crippen molar-refractivity contribution in [1.82, 2.24) is 49.4 Å². The number of aromatic amines is 4. The van der Waals surface area contributed by atoms with Crippen LogP contribution in [0.5, 0.6) is 23.0 Å². The van der Waals surface area contributed by atoms with Gasteiger partial charge in [-0.05, 0) is 72.6 Å². The Balaban J connectivity index is 0.000000117. The highest BCUT2D eigenvalue weighted by atomic mass is 16.4. The molecule has 1 aliphatic rings. The topological polar surface area (TPSA) is 329 Å². The van der Waals surface area contributed by atoms with Crippen LogP contribution in [0, 0.1) is 0 Å². The van der Waals surface area contributed by atoms with Gasteiger partial charge in [-0.1, -0.05) is 24.3 Å². The van der Waals surface area contributed by atoms with Crippen molar-refractivity contribution in [2.75, 3.05) is 0 Å². The second-order valence-electron chi connectivity index (χ2n) is 14.4. The third-order valence-electron chi connectivity index (χ3n) is 10.1. The lowest BCUT2D eigenvalue weighted by molar-refractivity contribution is 0.466. The van der Waals surface area contributed by atoms with Gasteiger partial charge in [-0.15, -0.1) is 0 Å². The van der Waals surface area contributed by atoms with Crippen LogP contribution >= 0.6 is 0 Å². The molecule has 1 aliphatic heterocycles. The Morgan fingerprint density at radius 3 is 1.88 bits per heavy atom. The number of hydrogen-bond acceptors (Lipinski definition) is 16. The van der Waals surface area contributed by atoms with Crippen molar-refractivity contribution in [2.45, 2.75) is 13.0 Å². The van der Waals surface area contributed by atoms with Crippen molar-refractivity contribution in [2.24, 2.45) is 0 Å². The summed E-state index contributed by atoms with van der Waals surface area (Å²) in [5.41, 5.74) is 3.41. The van der Waals surface area contributed by atoms with E-state index in [1.54, 1.807) is 77.6 Å². The van der Waals surface area contributed by atoms with Gasteiger partial charge in [0.25, 0.3) is 22.2 Å². The Kier molecular flexibility index (Phi) is 12.7. The molecule has 10 aromatic heterocycles. The number of aromatic nitrogens is 10. The van der Waals surface area contributed by atoms with Crippen LogP contribution in [0.1, 0.15) is 5.56 Å². The molecule has 21 heteroatoms. The summed E-state index contributed by atoms with van der Waals surface area (Å²) >= 11 is 0. The number of hydrogen-bond donors (Lipinski definition) is 8. The molecule has 0 aliphatic carbocycles. The Morgan fingerprint density at radius 2 is 1.15 bits per heavy atom. The molecule has 1 aromatic carbocycles. The Hall–Kier alpha value is -10.1. The van der Waals surface area contributed by atoms with Crippen LogP contribution in [-0.2, 0) is 13.0 Å². The molecule has 0 spiro atoms. The van der Waals surface area contributed by atoms with Crippen LogP contribution in [0.4, 0.5) is 0 Å². The third kappa shape index (κ3) is 9.42. The maximum absolute atomic E-state index is 12.5. The van der Waals surface area contributed by atoms with Crippen LogP contribution in [0.2, 0.25) is 0 Å². The van der Waals surface area contributed by atoms with E-state index in [9.17, 15) is 49.2 Å². The van der Waals surface area contributed by atoms with Gasteiger partial charge >= 0.3 is 11.3 Å². The van der Waals surface area contributed by atoms with Crippen molar-refractivity contribution < 1.29 is 24.8 Å². The van der Waals surface area contributed by atoms with E-state index in [0.717, 1.165) is 29.7 Å². The molecule has 21 nitrogen and oxygen atoms in total. The van der Waals surface area contributed by atoms with Crippen LogP contribution in [0.3, 0.4) is 0 Å². The summed E-state index contributed by atoms with van der Waals surface area (Å²) in [5.74, 6) is -0.159. The lowest BCUT2D eigenvalue weighted by atomic mass is 9.96. The van der Waals surface area contributed by atoms with Gasteiger partial charge in [-0.3, -0.25) is 39.1 Å². The molecule has 0 unspecified atom stereocenters. The van der Waals surface area contributed by atoms with Crippen LogP contribution in [0.15, 0.2) is 167 Å². The molecule has 0 fully saturated rings. The summed E-state index contributed by atoms with van der Waals surface area (Å²) in [5, 5.41) is 39.2. The highest BCUT2D eigenvalue weighted by molar-refractivity contribution is 5.90. The van der Waals surface area contributed by atoms with E-state index in [0.29, 0.717) is 61.7 Å². The van der Waals surface area contributed by atoms with E-state index < -0.39 is 16.9 Å². The zero-order valence-corrected chi connectivity index (χ0v) is 34.9. The predicted octanol–water partition coefficient (Wildman–Crippen LogP) is 4.09. The quantitative estimate of drug-likeness (QED) is 0.106. The highest BCUT2D eigenvalue weighted by Gasteiger charge is 2.23. The van der Waals surface area contributed by atoms with Crippen molar-refractivity contribution >= 4 is 55.0 Å². The number of aryl methyl sites for hydroxylation is 1. The molecule has 11 aromatic rings. The minimum absolute atomic E-state index is 0.00907. The number of rotatable bonds is 0. The summed E-state index contributed by atoms with van der Waals surface area (Å²) in [6, 6.07) is 26.5. The van der Waals surface area contributed by atoms with Gasteiger partial charge in [0.15, 0.2) is 28.3 Å². The van der Waals surface area contributed by atoms with Gasteiger partial charge in [-0.2, -0.15) is 0 Å². The molecule has 68 heavy (non-hydrogen) atoms. The van der Waals surface area contributed by atoms with E-state index in [-0.39, 0.29) is 45.2 Å². The summed E-state index contributed by atoms with van der Waals surface area (Å²) in [7, 11) is 0. The van der Waals surface area contributed by atoms with Gasteiger partial charge in [0.2, 0.25) is 0 Å². The van der Waals surface area contributed by atoms with Gasteiger partial charge < -0.3 is 44.4 Å². The summed E-state index contributed by atoms with van der Waals surface area (Å²) in [4.78, 5) is 96.2. The molecule has 338 valence electrons. The number of nitrogens with one attached hydrogen (secondary N) is 4. The number of pyridine rings is 8. The number of fused-ring (bicyclic) bond motifs is 8. The molecule has 0 bridgehead atoms. The van der Waals surface area contributed by atoms with Crippen molar-refractivity contribution in [3.8, 4) is 34.3 Å². The molecular weight excluding hydrogens is 881 g/mol. The smallest absolute Gasteiger partial charge is 0.340 e. The first-order chi connectivity index (χ1) is 32.9. The zero-order valence-electron chi connectivity index (χ0n) is 34.9. The van der Waals surface area contributed by atoms with E-state index in [2.05, 4.69) is 44.9 Å². The van der Waals surface area contributed by atoms with E-state index in [1.165, 1.54) is 24.8 Å². The maximum atomic E-state index is 12.5. The summed E-state index contributed by atoms with van der Waals surface area (Å²) in [6.07, 6.45) is 9.72. The molecule has 8 N–H and O–H groups in total. The molecule has 0 radical (unpaired) electrons. The average Bonchev–Trinajstić information content (AvgIpc) is 3.35. The lowest BCUT2D eigenvalue weighted by Crippen LogP contribution is -2.26. The van der Waals surface area contributed by atoms with E-state index >= 15 is 0 Å². The molecular formula is C47H34N10O11. The Morgan fingerprint density at radius 1 is 0.544 bits per heavy atom. The zero-order chi connectivity index (χ0) is 47.9. The largest absolute Gasteiger partial charge is 0.505 e. The second kappa shape index (κ2) is 19.4. The predicted molar refractivity (Wildman–Crippen MR) is 250 cm³/mol. The van der Waals surface area contributed by atoms with E-state index in [1.807, 2.05) is 24.3 Å². The standard InChI is InChI=1S/C16H12N2O2.2C8H6N2O2.C8H5NO3.C7H5N3O2/c19-15-13-12(6-3-8-17-13)16(20)18-9-7-10-4-1-2-5-11(10)14(15)18;11-6-4-10-8(12)5-2-1-3-9-7(5)6;11-6-4-7(12)10-5-2-1-3-9-8(5)6;10-5-4-7(11)12-6-2-1-3-9-8(5)6;11-6-5-4(2-1-3-8-5)9-7(12)10-6/h1-6,8,19H,7,9H2;1-4,11H,(H,10,12);1-4H,(H2,10,11,12);1-4,10H;1-3H,(H2,9,10,11,12). The molecule has 0 saturated carbocycles.